The lowest BCUT2D eigenvalue weighted by Crippen LogP contribution is -2.35. The molecule has 0 aliphatic carbocycles. The van der Waals surface area contributed by atoms with E-state index in [0.717, 1.165) is 31.7 Å². The van der Waals surface area contributed by atoms with Gasteiger partial charge in [-0.05, 0) is 55.8 Å². The van der Waals surface area contributed by atoms with E-state index in [0.29, 0.717) is 17.4 Å². The minimum Gasteiger partial charge on any atom is -0.490 e. The summed E-state index contributed by atoms with van der Waals surface area (Å²) in [4.78, 5) is 0. The minimum absolute atomic E-state index is 0.314. The molecule has 2 rings (SSSR count). The molecule has 0 spiro atoms. The van der Waals surface area contributed by atoms with Crippen LogP contribution >= 0.6 is 0 Å². The molecule has 118 valence electrons. The van der Waals surface area contributed by atoms with Crippen LogP contribution in [0.4, 0.5) is 0 Å². The molecular weight excluding hydrogens is 258 g/mol. The van der Waals surface area contributed by atoms with Crippen molar-refractivity contribution in [3.05, 3.63) is 29.3 Å². The summed E-state index contributed by atoms with van der Waals surface area (Å²) in [5.74, 6) is 1.74. The summed E-state index contributed by atoms with van der Waals surface area (Å²) in [6, 6.07) is 6.55. The zero-order chi connectivity index (χ0) is 15.5. The van der Waals surface area contributed by atoms with Crippen LogP contribution in [0.15, 0.2) is 18.2 Å². The summed E-state index contributed by atoms with van der Waals surface area (Å²) in [6.07, 6.45) is 3.74. The van der Waals surface area contributed by atoms with Crippen molar-refractivity contribution in [1.82, 2.24) is 5.32 Å². The number of benzene rings is 1. The fourth-order valence-electron chi connectivity index (χ4n) is 3.09. The fraction of sp³-hybridized carbons (Fsp3) is 0.684. The van der Waals surface area contributed by atoms with Crippen molar-refractivity contribution in [1.29, 1.82) is 0 Å². The van der Waals surface area contributed by atoms with E-state index in [1.54, 1.807) is 0 Å². The lowest BCUT2D eigenvalue weighted by atomic mass is 9.77. The maximum absolute atomic E-state index is 6.17. The van der Waals surface area contributed by atoms with Gasteiger partial charge in [0.2, 0.25) is 0 Å². The fourth-order valence-corrected chi connectivity index (χ4v) is 3.09. The van der Waals surface area contributed by atoms with Crippen molar-refractivity contribution in [3.63, 3.8) is 0 Å². The summed E-state index contributed by atoms with van der Waals surface area (Å²) in [5, 5.41) is 3.59. The SMILES string of the molecule is CCCNCC(CC1Cc2cc(C)ccc2O1)C(C)(C)C. The highest BCUT2D eigenvalue weighted by Crippen LogP contribution is 2.36. The molecule has 0 saturated carbocycles. The quantitative estimate of drug-likeness (QED) is 0.786. The van der Waals surface area contributed by atoms with Crippen LogP contribution in [0.25, 0.3) is 0 Å². The van der Waals surface area contributed by atoms with Crippen molar-refractivity contribution in [2.24, 2.45) is 11.3 Å². The first-order valence-electron chi connectivity index (χ1n) is 8.37. The van der Waals surface area contributed by atoms with Gasteiger partial charge in [0.25, 0.3) is 0 Å². The highest BCUT2D eigenvalue weighted by Gasteiger charge is 2.31. The molecule has 0 fully saturated rings. The van der Waals surface area contributed by atoms with E-state index in [4.69, 9.17) is 4.74 Å². The van der Waals surface area contributed by atoms with Crippen LogP contribution in [0.5, 0.6) is 5.75 Å². The molecule has 0 amide bonds. The smallest absolute Gasteiger partial charge is 0.123 e. The molecule has 0 radical (unpaired) electrons. The first kappa shape index (κ1) is 16.4. The summed E-state index contributed by atoms with van der Waals surface area (Å²) >= 11 is 0. The van der Waals surface area contributed by atoms with Crippen molar-refractivity contribution >= 4 is 0 Å². The van der Waals surface area contributed by atoms with Crippen LogP contribution in [0.3, 0.4) is 0 Å². The molecule has 1 aliphatic rings. The number of ether oxygens (including phenoxy) is 1. The Morgan fingerprint density at radius 2 is 2.10 bits per heavy atom. The molecule has 1 heterocycles. The van der Waals surface area contributed by atoms with Crippen LogP contribution in [0, 0.1) is 18.3 Å². The monoisotopic (exact) mass is 289 g/mol. The second-order valence-electron chi connectivity index (χ2n) is 7.56. The van der Waals surface area contributed by atoms with Gasteiger partial charge in [0, 0.05) is 6.42 Å². The number of rotatable bonds is 6. The van der Waals surface area contributed by atoms with E-state index in [1.807, 2.05) is 0 Å². The molecule has 1 aliphatic heterocycles. The zero-order valence-corrected chi connectivity index (χ0v) is 14.3. The van der Waals surface area contributed by atoms with Crippen LogP contribution in [-0.4, -0.2) is 19.2 Å². The van der Waals surface area contributed by atoms with Gasteiger partial charge in [-0.15, -0.1) is 0 Å². The Morgan fingerprint density at radius 3 is 2.76 bits per heavy atom. The van der Waals surface area contributed by atoms with E-state index in [2.05, 4.69) is 58.1 Å². The predicted molar refractivity (Wildman–Crippen MR) is 90.0 cm³/mol. The van der Waals surface area contributed by atoms with Gasteiger partial charge < -0.3 is 10.1 Å². The minimum atomic E-state index is 0.314. The van der Waals surface area contributed by atoms with Crippen molar-refractivity contribution in [3.8, 4) is 5.75 Å². The number of aryl methyl sites for hydroxylation is 1. The van der Waals surface area contributed by atoms with Gasteiger partial charge in [0.05, 0.1) is 0 Å². The maximum atomic E-state index is 6.17. The van der Waals surface area contributed by atoms with Crippen LogP contribution < -0.4 is 10.1 Å². The van der Waals surface area contributed by atoms with Gasteiger partial charge in [-0.2, -0.15) is 0 Å². The largest absolute Gasteiger partial charge is 0.490 e. The normalized spacial score (nSPS) is 19.2. The predicted octanol–water partition coefficient (Wildman–Crippen LogP) is 4.35. The van der Waals surface area contributed by atoms with Gasteiger partial charge in [-0.3, -0.25) is 0 Å². The van der Waals surface area contributed by atoms with Crippen molar-refractivity contribution in [2.75, 3.05) is 13.1 Å². The molecule has 1 N–H and O–H groups in total. The van der Waals surface area contributed by atoms with Crippen LogP contribution in [0.1, 0.15) is 51.7 Å². The molecule has 2 heteroatoms. The summed E-state index contributed by atoms with van der Waals surface area (Å²) in [5.41, 5.74) is 3.03. The standard InChI is InChI=1S/C19H31NO/c1-6-9-20-13-16(19(3,4)5)12-17-11-15-10-14(2)7-8-18(15)21-17/h7-8,10,16-17,20H,6,9,11-13H2,1-5H3. The Labute approximate surface area is 130 Å². The van der Waals surface area contributed by atoms with E-state index in [-0.39, 0.29) is 0 Å². The molecule has 0 bridgehead atoms. The Kier molecular flexibility index (Phi) is 5.32. The van der Waals surface area contributed by atoms with Gasteiger partial charge in [-0.25, -0.2) is 0 Å². The molecule has 2 unspecified atom stereocenters. The molecule has 1 aromatic rings. The molecule has 2 atom stereocenters. The van der Waals surface area contributed by atoms with E-state index in [1.165, 1.54) is 17.5 Å². The van der Waals surface area contributed by atoms with Crippen molar-refractivity contribution < 1.29 is 4.74 Å². The Morgan fingerprint density at radius 1 is 1.33 bits per heavy atom. The highest BCUT2D eigenvalue weighted by atomic mass is 16.5. The highest BCUT2D eigenvalue weighted by molar-refractivity contribution is 5.40. The molecule has 0 saturated heterocycles. The zero-order valence-electron chi connectivity index (χ0n) is 14.3. The molecule has 1 aromatic carbocycles. The third-order valence-corrected chi connectivity index (χ3v) is 4.55. The Hall–Kier alpha value is -1.02. The summed E-state index contributed by atoms with van der Waals surface area (Å²) in [7, 11) is 0. The Bertz CT molecular complexity index is 461. The third-order valence-electron chi connectivity index (χ3n) is 4.55. The summed E-state index contributed by atoms with van der Waals surface area (Å²) < 4.78 is 6.17. The molecular formula is C19H31NO. The van der Waals surface area contributed by atoms with Crippen LogP contribution in [0.2, 0.25) is 0 Å². The summed E-state index contributed by atoms with van der Waals surface area (Å²) in [6.45, 7) is 13.6. The average Bonchev–Trinajstić information content (AvgIpc) is 2.78. The van der Waals surface area contributed by atoms with E-state index in [9.17, 15) is 0 Å². The average molecular weight is 289 g/mol. The second kappa shape index (κ2) is 6.83. The number of nitrogens with one attached hydrogen (secondary N) is 1. The van der Waals surface area contributed by atoms with Gasteiger partial charge in [0.1, 0.15) is 11.9 Å². The first-order chi connectivity index (χ1) is 9.90. The third kappa shape index (κ3) is 4.47. The number of hydrogen-bond donors (Lipinski definition) is 1. The maximum Gasteiger partial charge on any atom is 0.123 e. The Balaban J connectivity index is 1.96. The first-order valence-corrected chi connectivity index (χ1v) is 8.37. The second-order valence-corrected chi connectivity index (χ2v) is 7.56. The van der Waals surface area contributed by atoms with Gasteiger partial charge >= 0.3 is 0 Å². The number of fused-ring (bicyclic) bond motifs is 1. The lowest BCUT2D eigenvalue weighted by Gasteiger charge is -2.32. The molecule has 0 aromatic heterocycles. The van der Waals surface area contributed by atoms with Crippen LogP contribution in [-0.2, 0) is 6.42 Å². The van der Waals surface area contributed by atoms with Gasteiger partial charge in [0.15, 0.2) is 0 Å². The van der Waals surface area contributed by atoms with E-state index >= 15 is 0 Å². The van der Waals surface area contributed by atoms with Crippen molar-refractivity contribution in [2.45, 2.75) is 60.0 Å². The van der Waals surface area contributed by atoms with Gasteiger partial charge in [-0.1, -0.05) is 45.4 Å². The topological polar surface area (TPSA) is 21.3 Å². The number of hydrogen-bond acceptors (Lipinski definition) is 2. The lowest BCUT2D eigenvalue weighted by molar-refractivity contribution is 0.134. The molecule has 2 nitrogen and oxygen atoms in total. The molecule has 21 heavy (non-hydrogen) atoms. The van der Waals surface area contributed by atoms with E-state index < -0.39 is 0 Å².